The molecular weight excluding hydrogens is 228 g/mol. The van der Waals surface area contributed by atoms with Crippen LogP contribution in [0, 0.1) is 0 Å². The van der Waals surface area contributed by atoms with Gasteiger partial charge in [0.15, 0.2) is 5.69 Å². The number of aromatic nitrogens is 1. The van der Waals surface area contributed by atoms with E-state index in [-0.39, 0.29) is 10.8 Å². The Kier molecular flexibility index (Phi) is 2.66. The first-order valence-electron chi connectivity index (χ1n) is 4.56. The summed E-state index contributed by atoms with van der Waals surface area (Å²) in [5.74, 6) is -0.535. The molecule has 2 aromatic rings. The standard InChI is InChI=1S/C11H9ClN2O2/c1-16-11(15)9-5-7-6(10(12)14-9)3-2-4-8(7)13/h2-5H,13H2,1H3. The number of hydrogen-bond acceptors (Lipinski definition) is 4. The van der Waals surface area contributed by atoms with Crippen molar-refractivity contribution < 1.29 is 9.53 Å². The van der Waals surface area contributed by atoms with Crippen LogP contribution in [0.15, 0.2) is 24.3 Å². The van der Waals surface area contributed by atoms with Crippen molar-refractivity contribution in [2.24, 2.45) is 0 Å². The van der Waals surface area contributed by atoms with Gasteiger partial charge in [-0.15, -0.1) is 0 Å². The summed E-state index contributed by atoms with van der Waals surface area (Å²) in [4.78, 5) is 15.3. The zero-order chi connectivity index (χ0) is 11.7. The lowest BCUT2D eigenvalue weighted by Gasteiger charge is -2.05. The Bertz CT molecular complexity index is 569. The van der Waals surface area contributed by atoms with Crippen LogP contribution in [0.2, 0.25) is 5.15 Å². The molecule has 0 aliphatic rings. The summed E-state index contributed by atoms with van der Waals surface area (Å²) in [6.07, 6.45) is 0. The van der Waals surface area contributed by atoms with Crippen molar-refractivity contribution in [3.05, 3.63) is 35.1 Å². The molecule has 0 radical (unpaired) electrons. The van der Waals surface area contributed by atoms with E-state index < -0.39 is 5.97 Å². The van der Waals surface area contributed by atoms with E-state index in [9.17, 15) is 4.79 Å². The number of benzene rings is 1. The lowest BCUT2D eigenvalue weighted by atomic mass is 10.1. The van der Waals surface area contributed by atoms with Gasteiger partial charge in [0.2, 0.25) is 0 Å². The second-order valence-electron chi connectivity index (χ2n) is 3.23. The van der Waals surface area contributed by atoms with Crippen molar-refractivity contribution in [1.82, 2.24) is 4.98 Å². The molecular formula is C11H9ClN2O2. The molecule has 0 unspecified atom stereocenters. The molecule has 0 fully saturated rings. The maximum atomic E-state index is 11.3. The number of ether oxygens (including phenoxy) is 1. The first-order chi connectivity index (χ1) is 7.63. The van der Waals surface area contributed by atoms with Crippen molar-refractivity contribution in [3.63, 3.8) is 0 Å². The minimum Gasteiger partial charge on any atom is -0.464 e. The van der Waals surface area contributed by atoms with Crippen LogP contribution in [0.25, 0.3) is 10.8 Å². The largest absolute Gasteiger partial charge is 0.464 e. The van der Waals surface area contributed by atoms with E-state index in [0.717, 1.165) is 0 Å². The second-order valence-corrected chi connectivity index (χ2v) is 3.59. The second kappa shape index (κ2) is 3.98. The van der Waals surface area contributed by atoms with Gasteiger partial charge < -0.3 is 10.5 Å². The molecule has 0 bridgehead atoms. The van der Waals surface area contributed by atoms with E-state index >= 15 is 0 Å². The van der Waals surface area contributed by atoms with Gasteiger partial charge >= 0.3 is 5.97 Å². The van der Waals surface area contributed by atoms with Gasteiger partial charge in [-0.25, -0.2) is 9.78 Å². The number of anilines is 1. The summed E-state index contributed by atoms with van der Waals surface area (Å²) in [6, 6.07) is 6.88. The molecule has 0 spiro atoms. The molecule has 2 rings (SSSR count). The van der Waals surface area contributed by atoms with Crippen LogP contribution in [0.5, 0.6) is 0 Å². The van der Waals surface area contributed by atoms with Crippen LogP contribution in [0.3, 0.4) is 0 Å². The third-order valence-electron chi connectivity index (χ3n) is 2.26. The van der Waals surface area contributed by atoms with Gasteiger partial charge in [0.05, 0.1) is 7.11 Å². The van der Waals surface area contributed by atoms with E-state index in [1.165, 1.54) is 7.11 Å². The Labute approximate surface area is 97.0 Å². The predicted molar refractivity (Wildman–Crippen MR) is 62.5 cm³/mol. The van der Waals surface area contributed by atoms with E-state index in [2.05, 4.69) is 9.72 Å². The number of nitrogen functional groups attached to an aromatic ring is 1. The maximum absolute atomic E-state index is 11.3. The summed E-state index contributed by atoms with van der Waals surface area (Å²) in [5.41, 5.74) is 6.50. The molecule has 5 heteroatoms. The number of esters is 1. The van der Waals surface area contributed by atoms with Crippen LogP contribution < -0.4 is 5.73 Å². The molecule has 16 heavy (non-hydrogen) atoms. The fraction of sp³-hybridized carbons (Fsp3) is 0.0909. The highest BCUT2D eigenvalue weighted by molar-refractivity contribution is 6.34. The summed E-state index contributed by atoms with van der Waals surface area (Å²) in [6.45, 7) is 0. The fourth-order valence-electron chi connectivity index (χ4n) is 1.47. The van der Waals surface area contributed by atoms with Gasteiger partial charge in [-0.3, -0.25) is 0 Å². The molecule has 0 aliphatic carbocycles. The summed E-state index contributed by atoms with van der Waals surface area (Å²) < 4.78 is 4.58. The van der Waals surface area contributed by atoms with Gasteiger partial charge in [-0.1, -0.05) is 23.7 Å². The zero-order valence-corrected chi connectivity index (χ0v) is 9.28. The molecule has 1 aromatic heterocycles. The number of rotatable bonds is 1. The highest BCUT2D eigenvalue weighted by atomic mass is 35.5. The van der Waals surface area contributed by atoms with Crippen molar-refractivity contribution in [1.29, 1.82) is 0 Å². The SMILES string of the molecule is COC(=O)c1cc2c(N)cccc2c(Cl)n1. The molecule has 0 aliphatic heterocycles. The number of hydrogen-bond donors (Lipinski definition) is 1. The molecule has 1 aromatic carbocycles. The maximum Gasteiger partial charge on any atom is 0.356 e. The smallest absolute Gasteiger partial charge is 0.356 e. The number of carbonyl (C=O) groups is 1. The summed E-state index contributed by atoms with van der Waals surface area (Å²) in [7, 11) is 1.29. The van der Waals surface area contributed by atoms with Gasteiger partial charge in [0, 0.05) is 16.5 Å². The van der Waals surface area contributed by atoms with Crippen LogP contribution in [-0.4, -0.2) is 18.1 Å². The highest BCUT2D eigenvalue weighted by Crippen LogP contribution is 2.27. The average Bonchev–Trinajstić information content (AvgIpc) is 2.29. The molecule has 2 N–H and O–H groups in total. The number of nitrogens with two attached hydrogens (primary N) is 1. The Morgan fingerprint density at radius 3 is 2.88 bits per heavy atom. The number of halogens is 1. The van der Waals surface area contributed by atoms with Crippen LogP contribution in [0.4, 0.5) is 5.69 Å². The third kappa shape index (κ3) is 1.67. The normalized spacial score (nSPS) is 10.4. The lowest BCUT2D eigenvalue weighted by Crippen LogP contribution is -2.04. The van der Waals surface area contributed by atoms with E-state index in [0.29, 0.717) is 16.5 Å². The van der Waals surface area contributed by atoms with E-state index in [1.807, 2.05) is 0 Å². The fourth-order valence-corrected chi connectivity index (χ4v) is 1.72. The molecule has 1 heterocycles. The van der Waals surface area contributed by atoms with Crippen LogP contribution >= 0.6 is 11.6 Å². The summed E-state index contributed by atoms with van der Waals surface area (Å²) >= 11 is 5.96. The molecule has 82 valence electrons. The lowest BCUT2D eigenvalue weighted by molar-refractivity contribution is 0.0594. The quantitative estimate of drug-likeness (QED) is 0.469. The molecule has 4 nitrogen and oxygen atoms in total. The monoisotopic (exact) mass is 236 g/mol. The van der Waals surface area contributed by atoms with Crippen molar-refractivity contribution >= 4 is 34.0 Å². The van der Waals surface area contributed by atoms with Crippen molar-refractivity contribution in [2.75, 3.05) is 12.8 Å². The Hall–Kier alpha value is -1.81. The number of fused-ring (bicyclic) bond motifs is 1. The topological polar surface area (TPSA) is 65.2 Å². The number of methoxy groups -OCH3 is 1. The third-order valence-corrected chi connectivity index (χ3v) is 2.54. The Balaban J connectivity index is 2.75. The minimum absolute atomic E-state index is 0.151. The van der Waals surface area contributed by atoms with Crippen LogP contribution in [0.1, 0.15) is 10.5 Å². The van der Waals surface area contributed by atoms with Crippen molar-refractivity contribution in [2.45, 2.75) is 0 Å². The van der Waals surface area contributed by atoms with E-state index in [1.54, 1.807) is 24.3 Å². The number of nitrogens with zero attached hydrogens (tertiary/aromatic N) is 1. The van der Waals surface area contributed by atoms with Gasteiger partial charge in [-0.2, -0.15) is 0 Å². The first-order valence-corrected chi connectivity index (χ1v) is 4.94. The molecule has 0 amide bonds. The zero-order valence-electron chi connectivity index (χ0n) is 8.53. The van der Waals surface area contributed by atoms with Crippen LogP contribution in [-0.2, 0) is 4.74 Å². The summed E-state index contributed by atoms with van der Waals surface area (Å²) in [5, 5.41) is 1.66. The molecule has 0 atom stereocenters. The highest BCUT2D eigenvalue weighted by Gasteiger charge is 2.12. The number of carbonyl (C=O) groups excluding carboxylic acids is 1. The van der Waals surface area contributed by atoms with E-state index in [4.69, 9.17) is 17.3 Å². The van der Waals surface area contributed by atoms with Gasteiger partial charge in [0.1, 0.15) is 5.15 Å². The number of pyridine rings is 1. The molecule has 0 saturated heterocycles. The first kappa shape index (κ1) is 10.7. The van der Waals surface area contributed by atoms with Crippen molar-refractivity contribution in [3.8, 4) is 0 Å². The van der Waals surface area contributed by atoms with Gasteiger partial charge in [-0.05, 0) is 12.1 Å². The Morgan fingerprint density at radius 1 is 1.44 bits per heavy atom. The van der Waals surface area contributed by atoms with Gasteiger partial charge in [0.25, 0.3) is 0 Å². The Morgan fingerprint density at radius 2 is 2.19 bits per heavy atom. The average molecular weight is 237 g/mol. The minimum atomic E-state index is -0.535. The molecule has 0 saturated carbocycles. The predicted octanol–water partition coefficient (Wildman–Crippen LogP) is 2.26.